The Morgan fingerprint density at radius 1 is 1.17 bits per heavy atom. The number of benzene rings is 2. The summed E-state index contributed by atoms with van der Waals surface area (Å²) in [6.45, 7) is 1.91. The van der Waals surface area contributed by atoms with Crippen molar-refractivity contribution in [2.75, 3.05) is 5.32 Å². The van der Waals surface area contributed by atoms with E-state index < -0.39 is 5.82 Å². The summed E-state index contributed by atoms with van der Waals surface area (Å²) in [5.74, 6) is -0.812. The first-order chi connectivity index (χ1) is 11.0. The van der Waals surface area contributed by atoms with Gasteiger partial charge in [-0.2, -0.15) is 0 Å². The lowest BCUT2D eigenvalue weighted by atomic mass is 10.1. The largest absolute Gasteiger partial charge is 0.325 e. The average molecular weight is 329 g/mol. The zero-order chi connectivity index (χ0) is 16.4. The Morgan fingerprint density at radius 3 is 2.74 bits per heavy atom. The van der Waals surface area contributed by atoms with E-state index in [0.717, 1.165) is 16.6 Å². The number of rotatable bonds is 3. The lowest BCUT2D eigenvalue weighted by Gasteiger charge is -2.10. The first kappa shape index (κ1) is 15.4. The van der Waals surface area contributed by atoms with Crippen molar-refractivity contribution < 1.29 is 9.18 Å². The van der Waals surface area contributed by atoms with Crippen molar-refractivity contribution in [3.8, 4) is 0 Å². The minimum Gasteiger partial charge on any atom is -0.325 e. The van der Waals surface area contributed by atoms with Crippen LogP contribution in [-0.2, 0) is 11.2 Å². The highest BCUT2D eigenvalue weighted by Gasteiger charge is 2.13. The molecule has 3 aromatic rings. The molecule has 5 heteroatoms. The Balaban J connectivity index is 1.86. The summed E-state index contributed by atoms with van der Waals surface area (Å²) in [6.07, 6.45) is -0.124. The highest BCUT2D eigenvalue weighted by Crippen LogP contribution is 2.24. The highest BCUT2D eigenvalue weighted by molar-refractivity contribution is 6.31. The number of carbonyl (C=O) groups is 1. The highest BCUT2D eigenvalue weighted by atomic mass is 35.5. The van der Waals surface area contributed by atoms with Gasteiger partial charge in [0.15, 0.2) is 0 Å². The first-order valence-corrected chi connectivity index (χ1v) is 7.51. The van der Waals surface area contributed by atoms with Gasteiger partial charge in [0.25, 0.3) is 0 Å². The van der Waals surface area contributed by atoms with Gasteiger partial charge in [0, 0.05) is 21.7 Å². The summed E-state index contributed by atoms with van der Waals surface area (Å²) in [7, 11) is 0. The van der Waals surface area contributed by atoms with E-state index in [1.165, 1.54) is 12.1 Å². The van der Waals surface area contributed by atoms with E-state index in [-0.39, 0.29) is 22.9 Å². The molecule has 2 aromatic carbocycles. The molecular formula is C18H14ClFN2O. The molecule has 23 heavy (non-hydrogen) atoms. The van der Waals surface area contributed by atoms with Crippen LogP contribution < -0.4 is 5.32 Å². The molecule has 0 radical (unpaired) electrons. The van der Waals surface area contributed by atoms with Crippen LogP contribution in [0.4, 0.5) is 10.1 Å². The van der Waals surface area contributed by atoms with Crippen molar-refractivity contribution in [3.63, 3.8) is 0 Å². The van der Waals surface area contributed by atoms with E-state index >= 15 is 0 Å². The Kier molecular flexibility index (Phi) is 4.26. The van der Waals surface area contributed by atoms with E-state index in [4.69, 9.17) is 11.6 Å². The second-order valence-corrected chi connectivity index (χ2v) is 5.66. The summed E-state index contributed by atoms with van der Waals surface area (Å²) >= 11 is 5.96. The monoisotopic (exact) mass is 328 g/mol. The van der Waals surface area contributed by atoms with Gasteiger partial charge in [0.1, 0.15) is 5.82 Å². The van der Waals surface area contributed by atoms with Gasteiger partial charge in [-0.3, -0.25) is 9.78 Å². The smallest absolute Gasteiger partial charge is 0.228 e. The Morgan fingerprint density at radius 2 is 1.96 bits per heavy atom. The van der Waals surface area contributed by atoms with Crippen LogP contribution in [0.2, 0.25) is 5.02 Å². The molecule has 0 aliphatic rings. The van der Waals surface area contributed by atoms with Crippen LogP contribution in [0.1, 0.15) is 11.3 Å². The molecule has 0 spiro atoms. The van der Waals surface area contributed by atoms with Crippen LogP contribution in [0.15, 0.2) is 48.5 Å². The van der Waals surface area contributed by atoms with E-state index in [9.17, 15) is 9.18 Å². The molecule has 0 fully saturated rings. The van der Waals surface area contributed by atoms with Crippen molar-refractivity contribution in [1.29, 1.82) is 0 Å². The lowest BCUT2D eigenvalue weighted by Crippen LogP contribution is -2.15. The van der Waals surface area contributed by atoms with Crippen molar-refractivity contribution >= 4 is 34.1 Å². The summed E-state index contributed by atoms with van der Waals surface area (Å²) < 4.78 is 13.8. The van der Waals surface area contributed by atoms with Crippen LogP contribution in [-0.4, -0.2) is 10.9 Å². The molecule has 1 heterocycles. The van der Waals surface area contributed by atoms with Crippen LogP contribution in [0.3, 0.4) is 0 Å². The fraction of sp³-hybridized carbons (Fsp3) is 0.111. The number of aromatic nitrogens is 1. The number of nitrogens with one attached hydrogen (secondary N) is 1. The van der Waals surface area contributed by atoms with Crippen molar-refractivity contribution in [2.45, 2.75) is 13.3 Å². The van der Waals surface area contributed by atoms with E-state index in [2.05, 4.69) is 10.3 Å². The molecule has 0 aliphatic heterocycles. The van der Waals surface area contributed by atoms with E-state index in [1.54, 1.807) is 12.1 Å². The summed E-state index contributed by atoms with van der Waals surface area (Å²) in [4.78, 5) is 16.7. The minimum atomic E-state index is -0.483. The van der Waals surface area contributed by atoms with Gasteiger partial charge in [-0.05, 0) is 43.3 Å². The number of amides is 1. The number of carbonyl (C=O) groups excluding carboxylic acids is 1. The number of fused-ring (bicyclic) bond motifs is 1. The van der Waals surface area contributed by atoms with E-state index in [0.29, 0.717) is 5.69 Å². The molecule has 0 bridgehead atoms. The molecule has 116 valence electrons. The number of aryl methyl sites for hydroxylation is 1. The van der Waals surface area contributed by atoms with Crippen LogP contribution in [0, 0.1) is 12.7 Å². The van der Waals surface area contributed by atoms with Gasteiger partial charge >= 0.3 is 0 Å². The number of hydrogen-bond acceptors (Lipinski definition) is 2. The predicted octanol–water partition coefficient (Wildman–Crippen LogP) is 4.52. The molecule has 0 saturated heterocycles. The molecule has 0 aliphatic carbocycles. The standard InChI is InChI=1S/C18H14ClFN2O/c1-11-8-9-12-16(21-11)6-3-7-17(12)22-18(23)10-13-14(19)4-2-5-15(13)20/h2-9H,10H2,1H3,(H,22,23). The summed E-state index contributed by atoms with van der Waals surface area (Å²) in [5, 5.41) is 3.89. The maximum atomic E-state index is 13.8. The summed E-state index contributed by atoms with van der Waals surface area (Å²) in [5.41, 5.74) is 2.54. The third-order valence-corrected chi connectivity index (χ3v) is 3.90. The minimum absolute atomic E-state index is 0.124. The zero-order valence-electron chi connectivity index (χ0n) is 12.4. The maximum Gasteiger partial charge on any atom is 0.228 e. The van der Waals surface area contributed by atoms with Crippen molar-refractivity contribution in [3.05, 3.63) is 70.6 Å². The normalized spacial score (nSPS) is 10.7. The third-order valence-electron chi connectivity index (χ3n) is 3.54. The Labute approximate surface area is 138 Å². The van der Waals surface area contributed by atoms with Gasteiger partial charge < -0.3 is 5.32 Å². The quantitative estimate of drug-likeness (QED) is 0.768. The fourth-order valence-electron chi connectivity index (χ4n) is 2.42. The topological polar surface area (TPSA) is 42.0 Å². The van der Waals surface area contributed by atoms with Crippen LogP contribution in [0.25, 0.3) is 10.9 Å². The average Bonchev–Trinajstić information content (AvgIpc) is 2.51. The second-order valence-electron chi connectivity index (χ2n) is 5.25. The van der Waals surface area contributed by atoms with E-state index in [1.807, 2.05) is 31.2 Å². The molecule has 0 atom stereocenters. The zero-order valence-corrected chi connectivity index (χ0v) is 13.2. The third kappa shape index (κ3) is 3.32. The molecule has 1 amide bonds. The first-order valence-electron chi connectivity index (χ1n) is 7.14. The van der Waals surface area contributed by atoms with Gasteiger partial charge in [-0.1, -0.05) is 23.7 Å². The van der Waals surface area contributed by atoms with Crippen molar-refractivity contribution in [1.82, 2.24) is 4.98 Å². The van der Waals surface area contributed by atoms with Gasteiger partial charge in [-0.15, -0.1) is 0 Å². The van der Waals surface area contributed by atoms with Crippen LogP contribution >= 0.6 is 11.6 Å². The molecular weight excluding hydrogens is 315 g/mol. The number of pyridine rings is 1. The van der Waals surface area contributed by atoms with Crippen molar-refractivity contribution in [2.24, 2.45) is 0 Å². The second kappa shape index (κ2) is 6.34. The molecule has 0 saturated carbocycles. The molecule has 1 aromatic heterocycles. The molecule has 3 rings (SSSR count). The summed E-state index contributed by atoms with van der Waals surface area (Å²) in [6, 6.07) is 13.6. The number of hydrogen-bond donors (Lipinski definition) is 1. The Bertz CT molecular complexity index is 875. The van der Waals surface area contributed by atoms with Gasteiger partial charge in [0.05, 0.1) is 17.6 Å². The molecule has 3 nitrogen and oxygen atoms in total. The Hall–Kier alpha value is -2.46. The SMILES string of the molecule is Cc1ccc2c(NC(=O)Cc3c(F)cccc3Cl)cccc2n1. The number of nitrogens with zero attached hydrogens (tertiary/aromatic N) is 1. The van der Waals surface area contributed by atoms with Crippen LogP contribution in [0.5, 0.6) is 0 Å². The predicted molar refractivity (Wildman–Crippen MR) is 90.2 cm³/mol. The lowest BCUT2D eigenvalue weighted by molar-refractivity contribution is -0.115. The molecule has 1 N–H and O–H groups in total. The van der Waals surface area contributed by atoms with Gasteiger partial charge in [-0.25, -0.2) is 4.39 Å². The number of halogens is 2. The van der Waals surface area contributed by atoms with Gasteiger partial charge in [0.2, 0.25) is 5.91 Å². The fourth-order valence-corrected chi connectivity index (χ4v) is 2.65. The maximum absolute atomic E-state index is 13.8. The number of anilines is 1. The molecule has 0 unspecified atom stereocenters.